The van der Waals surface area contributed by atoms with Gasteiger partial charge in [-0.1, -0.05) is 20.8 Å². The molecule has 0 rings (SSSR count). The van der Waals surface area contributed by atoms with Crippen LogP contribution >= 0.6 is 0 Å². The molecule has 0 aliphatic rings. The van der Waals surface area contributed by atoms with Gasteiger partial charge in [0.1, 0.15) is 0 Å². The van der Waals surface area contributed by atoms with Gasteiger partial charge >= 0.3 is 0 Å². The molecule has 0 aliphatic carbocycles. The topological polar surface area (TPSA) is 0 Å². The van der Waals surface area contributed by atoms with Crippen LogP contribution in [0, 0.1) is 12.3 Å². The van der Waals surface area contributed by atoms with Gasteiger partial charge < -0.3 is 0 Å². The first kappa shape index (κ1) is 7.00. The van der Waals surface area contributed by atoms with Crippen molar-refractivity contribution < 1.29 is 0 Å². The van der Waals surface area contributed by atoms with Crippen LogP contribution in [0.3, 0.4) is 0 Å². The fraction of sp³-hybridized carbons (Fsp3) is 0.857. The van der Waals surface area contributed by atoms with Crippen LogP contribution < -0.4 is 0 Å². The zero-order valence-corrected chi connectivity index (χ0v) is 5.41. The highest BCUT2D eigenvalue weighted by atomic mass is 14.1. The van der Waals surface area contributed by atoms with Gasteiger partial charge in [0.25, 0.3) is 0 Å². The van der Waals surface area contributed by atoms with Crippen molar-refractivity contribution in [3.63, 3.8) is 0 Å². The van der Waals surface area contributed by atoms with E-state index in [1.807, 2.05) is 0 Å². The number of hydrogen-bond acceptors (Lipinski definition) is 0. The zero-order chi connectivity index (χ0) is 5.91. The molecule has 0 aromatic carbocycles. The molecule has 0 aromatic heterocycles. The maximum absolute atomic E-state index is 6.86. The molecule has 0 spiro atoms. The third-order valence-electron chi connectivity index (χ3n) is 0.875. The fourth-order valence-electron chi connectivity index (χ4n) is 0.375. The zero-order valence-electron chi connectivity index (χ0n) is 5.41. The Kier molecular flexibility index (Phi) is 2.34. The molecule has 0 unspecified atom stereocenters. The molecule has 0 nitrogen and oxygen atoms in total. The van der Waals surface area contributed by atoms with Crippen molar-refractivity contribution in [1.29, 1.82) is 0 Å². The van der Waals surface area contributed by atoms with Gasteiger partial charge in [-0.25, -0.2) is 0 Å². The van der Waals surface area contributed by atoms with E-state index in [1.165, 1.54) is 0 Å². The number of rotatable bonds is 1. The van der Waals surface area contributed by atoms with Gasteiger partial charge in [0.05, 0.1) is 0 Å². The maximum atomic E-state index is 6.86. The third kappa shape index (κ3) is 6.00. The smallest absolute Gasteiger partial charge is 0.00934 e. The van der Waals surface area contributed by atoms with Crippen LogP contribution in [0.1, 0.15) is 33.6 Å². The predicted molar refractivity (Wildman–Crippen MR) is 31.9 cm³/mol. The Morgan fingerprint density at radius 1 is 1.29 bits per heavy atom. The highest BCUT2D eigenvalue weighted by Crippen LogP contribution is 2.19. The van der Waals surface area contributed by atoms with Crippen molar-refractivity contribution >= 4 is 0 Å². The Bertz CT molecular complexity index is 38.5. The molecule has 0 fully saturated rings. The molecule has 0 bridgehead atoms. The van der Waals surface area contributed by atoms with E-state index < -0.39 is 0 Å². The van der Waals surface area contributed by atoms with Gasteiger partial charge in [-0.3, -0.25) is 0 Å². The molecule has 0 amide bonds. The summed E-state index contributed by atoms with van der Waals surface area (Å²) < 4.78 is 0. The van der Waals surface area contributed by atoms with Crippen molar-refractivity contribution in [2.75, 3.05) is 0 Å². The predicted octanol–water partition coefficient (Wildman–Crippen LogP) is 2.40. The van der Waals surface area contributed by atoms with Crippen molar-refractivity contribution in [3.05, 3.63) is 6.92 Å². The summed E-state index contributed by atoms with van der Waals surface area (Å²) in [6.07, 6.45) is 1.57. The Balaban J connectivity index is 3.15. The van der Waals surface area contributed by atoms with E-state index >= 15 is 0 Å². The Hall–Kier alpha value is 0. The van der Waals surface area contributed by atoms with Gasteiger partial charge in [-0.2, -0.15) is 0 Å². The first-order valence-electron chi connectivity index (χ1n) is 2.71. The highest BCUT2D eigenvalue weighted by Gasteiger charge is 2.06. The summed E-state index contributed by atoms with van der Waals surface area (Å²) in [6.45, 7) is 13.3. The molecule has 0 saturated heterocycles. The standard InChI is InChI=1S/C7H13/c1-5-6-7(2,3)4/h5-6H2,2-4H3. The maximum Gasteiger partial charge on any atom is -0.00934 e. The van der Waals surface area contributed by atoms with Gasteiger partial charge in [0, 0.05) is 0 Å². The second-order valence-electron chi connectivity index (χ2n) is 3.06. The van der Waals surface area contributed by atoms with Crippen LogP contribution in [-0.2, 0) is 0 Å². The lowest BCUT2D eigenvalue weighted by Gasteiger charge is -2.15. The molecule has 0 atom stereocenters. The minimum Gasteiger partial charge on any atom is -0.0602 e. The quantitative estimate of drug-likeness (QED) is 0.471. The summed E-state index contributed by atoms with van der Waals surface area (Å²) in [5.74, 6) is 0. The van der Waals surface area contributed by atoms with E-state index in [2.05, 4.69) is 20.8 Å². The molecule has 0 heteroatoms. The van der Waals surface area contributed by atoms with E-state index in [0.29, 0.717) is 11.8 Å². The molecule has 7 heavy (non-hydrogen) atoms. The second-order valence-corrected chi connectivity index (χ2v) is 3.06. The van der Waals surface area contributed by atoms with Crippen LogP contribution in [0.25, 0.3) is 0 Å². The summed E-state index contributed by atoms with van der Waals surface area (Å²) >= 11 is 0. The summed E-state index contributed by atoms with van der Waals surface area (Å²) in [5, 5.41) is 0. The normalized spacial score (nSPS) is 12.0. The molecule has 3 radical (unpaired) electrons. The lowest BCUT2D eigenvalue weighted by atomic mass is 9.91. The van der Waals surface area contributed by atoms with Crippen molar-refractivity contribution in [2.24, 2.45) is 5.41 Å². The van der Waals surface area contributed by atoms with E-state index in [0.717, 1.165) is 6.42 Å². The molecule has 41 valence electrons. The first-order valence-corrected chi connectivity index (χ1v) is 2.71. The Labute approximate surface area is 46.9 Å². The lowest BCUT2D eigenvalue weighted by Crippen LogP contribution is -2.02. The Morgan fingerprint density at radius 3 is 1.71 bits per heavy atom. The van der Waals surface area contributed by atoms with Gasteiger partial charge in [0.15, 0.2) is 0 Å². The lowest BCUT2D eigenvalue weighted by molar-refractivity contribution is 0.381. The minimum absolute atomic E-state index is 0.363. The molecular weight excluding hydrogens is 84.1 g/mol. The van der Waals surface area contributed by atoms with Crippen LogP contribution in [0.15, 0.2) is 0 Å². The molecule has 0 N–H and O–H groups in total. The van der Waals surface area contributed by atoms with Crippen LogP contribution in [0.4, 0.5) is 0 Å². The largest absolute Gasteiger partial charge is 0.0602 e. The van der Waals surface area contributed by atoms with Crippen molar-refractivity contribution in [1.82, 2.24) is 0 Å². The minimum atomic E-state index is 0.363. The average Bonchev–Trinajstić information content (AvgIpc) is 1.30. The van der Waals surface area contributed by atoms with Crippen molar-refractivity contribution in [3.8, 4) is 0 Å². The van der Waals surface area contributed by atoms with Crippen LogP contribution in [-0.4, -0.2) is 0 Å². The van der Waals surface area contributed by atoms with Gasteiger partial charge in [-0.15, -0.1) is 0 Å². The molecular formula is C7H13. The highest BCUT2D eigenvalue weighted by molar-refractivity contribution is 4.60. The molecule has 0 saturated carbocycles. The fourth-order valence-corrected chi connectivity index (χ4v) is 0.375. The second kappa shape index (κ2) is 2.34. The summed E-state index contributed by atoms with van der Waals surface area (Å²) in [6, 6.07) is 0. The third-order valence-corrected chi connectivity index (χ3v) is 0.875. The molecule has 0 aliphatic heterocycles. The van der Waals surface area contributed by atoms with Crippen LogP contribution in [0.5, 0.6) is 0 Å². The molecule has 0 heterocycles. The summed E-state index contributed by atoms with van der Waals surface area (Å²) in [5.41, 5.74) is 0.363. The summed E-state index contributed by atoms with van der Waals surface area (Å²) in [7, 11) is 0. The Morgan fingerprint density at radius 2 is 1.71 bits per heavy atom. The van der Waals surface area contributed by atoms with E-state index in [1.54, 1.807) is 0 Å². The van der Waals surface area contributed by atoms with E-state index in [4.69, 9.17) is 6.92 Å². The monoisotopic (exact) mass is 97.1 g/mol. The van der Waals surface area contributed by atoms with Gasteiger partial charge in [0.2, 0.25) is 0 Å². The van der Waals surface area contributed by atoms with Crippen LogP contribution in [0.2, 0.25) is 0 Å². The van der Waals surface area contributed by atoms with E-state index in [-0.39, 0.29) is 0 Å². The average molecular weight is 97.2 g/mol. The SMILES string of the molecule is [C]CCC(C)(C)C. The molecule has 0 aromatic rings. The van der Waals surface area contributed by atoms with Crippen molar-refractivity contribution in [2.45, 2.75) is 33.6 Å². The first-order chi connectivity index (χ1) is 3.06. The van der Waals surface area contributed by atoms with E-state index in [9.17, 15) is 0 Å². The number of hydrogen-bond donors (Lipinski definition) is 0. The summed E-state index contributed by atoms with van der Waals surface area (Å²) in [4.78, 5) is 0. The van der Waals surface area contributed by atoms with Gasteiger partial charge in [-0.05, 0) is 25.2 Å².